The van der Waals surface area contributed by atoms with Crippen molar-refractivity contribution >= 4 is 23.4 Å². The van der Waals surface area contributed by atoms with E-state index in [-0.39, 0.29) is 18.2 Å². The van der Waals surface area contributed by atoms with E-state index in [9.17, 15) is 10.1 Å². The Balaban J connectivity index is 1.62. The van der Waals surface area contributed by atoms with Gasteiger partial charge in [0.25, 0.3) is 0 Å². The van der Waals surface area contributed by atoms with Crippen molar-refractivity contribution < 1.29 is 4.79 Å². The summed E-state index contributed by atoms with van der Waals surface area (Å²) in [5.74, 6) is 0.677. The number of benzene rings is 3. The maximum Gasteiger partial charge on any atom is 0.238 e. The number of aromatic nitrogens is 3. The molecular formula is C24H19N5OS. The first kappa shape index (κ1) is 20.4. The second-order valence-corrected chi connectivity index (χ2v) is 7.55. The highest BCUT2D eigenvalue weighted by atomic mass is 32.2. The molecule has 0 aliphatic carbocycles. The Bertz CT molecular complexity index is 1190. The maximum absolute atomic E-state index is 12.9. The summed E-state index contributed by atoms with van der Waals surface area (Å²) in [6.45, 7) is -0.00987. The lowest BCUT2D eigenvalue weighted by Gasteiger charge is -2.19. The van der Waals surface area contributed by atoms with E-state index in [1.165, 1.54) is 16.7 Å². The van der Waals surface area contributed by atoms with Gasteiger partial charge in [-0.05, 0) is 24.3 Å². The highest BCUT2D eigenvalue weighted by Gasteiger charge is 2.20. The predicted molar refractivity (Wildman–Crippen MR) is 122 cm³/mol. The van der Waals surface area contributed by atoms with Gasteiger partial charge >= 0.3 is 0 Å². The Hall–Kier alpha value is -3.89. The fourth-order valence-corrected chi connectivity index (χ4v) is 3.98. The Morgan fingerprint density at radius 3 is 2.16 bits per heavy atom. The molecule has 152 valence electrons. The summed E-state index contributed by atoms with van der Waals surface area (Å²) in [6, 6.07) is 30.9. The number of hydrogen-bond acceptors (Lipinski definition) is 5. The van der Waals surface area contributed by atoms with Gasteiger partial charge < -0.3 is 0 Å². The molecule has 0 spiro atoms. The molecule has 31 heavy (non-hydrogen) atoms. The van der Waals surface area contributed by atoms with Crippen LogP contribution >= 0.6 is 11.8 Å². The van der Waals surface area contributed by atoms with Crippen LogP contribution in [0.2, 0.25) is 0 Å². The molecule has 4 rings (SSSR count). The van der Waals surface area contributed by atoms with E-state index in [1.807, 2.05) is 95.6 Å². The standard InChI is InChI=1S/C24H19N5OS/c25-16-17-28(20-12-6-2-7-13-20)22(30)18-31-24-27-26-23(19-10-4-1-5-11-19)29(24)21-14-8-3-9-15-21/h1-15H,17-18H2. The third-order valence-corrected chi connectivity index (χ3v) is 5.52. The van der Waals surface area contributed by atoms with Gasteiger partial charge in [-0.1, -0.05) is 78.5 Å². The number of amides is 1. The average molecular weight is 426 g/mol. The van der Waals surface area contributed by atoms with Crippen molar-refractivity contribution in [2.75, 3.05) is 17.2 Å². The van der Waals surface area contributed by atoms with Crippen LogP contribution in [0.15, 0.2) is 96.2 Å². The number of thioether (sulfide) groups is 1. The third kappa shape index (κ3) is 4.65. The summed E-state index contributed by atoms with van der Waals surface area (Å²) in [6.07, 6.45) is 0. The maximum atomic E-state index is 12.9. The zero-order chi connectivity index (χ0) is 21.5. The minimum absolute atomic E-state index is 0.00987. The first-order chi connectivity index (χ1) is 15.3. The first-order valence-electron chi connectivity index (χ1n) is 9.69. The number of hydrogen-bond donors (Lipinski definition) is 0. The van der Waals surface area contributed by atoms with Crippen LogP contribution in [-0.2, 0) is 4.79 Å². The number of nitriles is 1. The summed E-state index contributed by atoms with van der Waals surface area (Å²) in [7, 11) is 0. The van der Waals surface area contributed by atoms with Crippen LogP contribution in [-0.4, -0.2) is 33.0 Å². The molecule has 0 fully saturated rings. The summed E-state index contributed by atoms with van der Waals surface area (Å²) >= 11 is 1.30. The van der Waals surface area contributed by atoms with Crippen molar-refractivity contribution in [3.63, 3.8) is 0 Å². The van der Waals surface area contributed by atoms with Crippen LogP contribution in [0.5, 0.6) is 0 Å². The molecule has 6 nitrogen and oxygen atoms in total. The van der Waals surface area contributed by atoms with E-state index in [1.54, 1.807) is 0 Å². The van der Waals surface area contributed by atoms with Gasteiger partial charge in [0.15, 0.2) is 11.0 Å². The molecule has 0 bridgehead atoms. The topological polar surface area (TPSA) is 74.8 Å². The van der Waals surface area contributed by atoms with Crippen molar-refractivity contribution in [2.24, 2.45) is 0 Å². The lowest BCUT2D eigenvalue weighted by atomic mass is 10.2. The second kappa shape index (κ2) is 9.74. The normalized spacial score (nSPS) is 10.4. The molecular weight excluding hydrogens is 406 g/mol. The quantitative estimate of drug-likeness (QED) is 0.320. The van der Waals surface area contributed by atoms with Crippen LogP contribution in [0.1, 0.15) is 0 Å². The zero-order valence-electron chi connectivity index (χ0n) is 16.6. The molecule has 0 aliphatic heterocycles. The lowest BCUT2D eigenvalue weighted by Crippen LogP contribution is -2.32. The summed E-state index contributed by atoms with van der Waals surface area (Å²) in [4.78, 5) is 14.4. The first-order valence-corrected chi connectivity index (χ1v) is 10.7. The Morgan fingerprint density at radius 1 is 0.903 bits per heavy atom. The largest absolute Gasteiger partial charge is 0.298 e. The SMILES string of the molecule is N#CCN(C(=O)CSc1nnc(-c2ccccc2)n1-c1ccccc1)c1ccccc1. The number of rotatable bonds is 7. The molecule has 1 heterocycles. The van der Waals surface area contributed by atoms with Gasteiger partial charge in [-0.2, -0.15) is 5.26 Å². The van der Waals surface area contributed by atoms with E-state index < -0.39 is 0 Å². The molecule has 0 radical (unpaired) electrons. The monoisotopic (exact) mass is 425 g/mol. The highest BCUT2D eigenvalue weighted by Crippen LogP contribution is 2.28. The van der Waals surface area contributed by atoms with Crippen LogP contribution in [0.3, 0.4) is 0 Å². The van der Waals surface area contributed by atoms with Gasteiger partial charge in [0.2, 0.25) is 5.91 Å². The van der Waals surface area contributed by atoms with E-state index >= 15 is 0 Å². The van der Waals surface area contributed by atoms with Crippen LogP contribution in [0, 0.1) is 11.3 Å². The molecule has 0 saturated heterocycles. The van der Waals surface area contributed by atoms with Crippen LogP contribution in [0.25, 0.3) is 17.1 Å². The molecule has 1 aromatic heterocycles. The van der Waals surface area contributed by atoms with Gasteiger partial charge in [0.1, 0.15) is 6.54 Å². The molecule has 3 aromatic carbocycles. The third-order valence-electron chi connectivity index (χ3n) is 4.60. The molecule has 0 aliphatic rings. The Kier molecular flexibility index (Phi) is 6.41. The number of carbonyl (C=O) groups excluding carboxylic acids is 1. The fourth-order valence-electron chi connectivity index (χ4n) is 3.15. The zero-order valence-corrected chi connectivity index (χ0v) is 17.4. The summed E-state index contributed by atoms with van der Waals surface area (Å²) in [5, 5.41) is 18.5. The highest BCUT2D eigenvalue weighted by molar-refractivity contribution is 7.99. The molecule has 4 aromatic rings. The minimum atomic E-state index is -0.165. The molecule has 0 N–H and O–H groups in total. The molecule has 0 saturated carbocycles. The smallest absolute Gasteiger partial charge is 0.238 e. The van der Waals surface area contributed by atoms with Gasteiger partial charge in [0.05, 0.1) is 11.8 Å². The predicted octanol–water partition coefficient (Wildman–Crippen LogP) is 4.58. The van der Waals surface area contributed by atoms with E-state index in [4.69, 9.17) is 0 Å². The number of anilines is 1. The second-order valence-electron chi connectivity index (χ2n) is 6.61. The molecule has 0 unspecified atom stereocenters. The fraction of sp³-hybridized carbons (Fsp3) is 0.0833. The van der Waals surface area contributed by atoms with Gasteiger partial charge in [-0.25, -0.2) is 0 Å². The van der Waals surface area contributed by atoms with E-state index in [0.717, 1.165) is 11.3 Å². The van der Waals surface area contributed by atoms with E-state index in [0.29, 0.717) is 16.7 Å². The van der Waals surface area contributed by atoms with Crippen LogP contribution in [0.4, 0.5) is 5.69 Å². The lowest BCUT2D eigenvalue weighted by molar-refractivity contribution is -0.116. The molecule has 7 heteroatoms. The van der Waals surface area contributed by atoms with Crippen LogP contribution < -0.4 is 4.90 Å². The van der Waals surface area contributed by atoms with Crippen molar-refractivity contribution in [1.29, 1.82) is 5.26 Å². The van der Waals surface area contributed by atoms with E-state index in [2.05, 4.69) is 16.3 Å². The van der Waals surface area contributed by atoms with Crippen molar-refractivity contribution in [1.82, 2.24) is 14.8 Å². The van der Waals surface area contributed by atoms with Crippen molar-refractivity contribution in [3.8, 4) is 23.1 Å². The summed E-state index contributed by atoms with van der Waals surface area (Å²) in [5.41, 5.74) is 2.55. The number of nitrogens with zero attached hydrogens (tertiary/aromatic N) is 5. The Labute approximate surface area is 184 Å². The van der Waals surface area contributed by atoms with Crippen molar-refractivity contribution in [3.05, 3.63) is 91.0 Å². The summed E-state index contributed by atoms with van der Waals surface area (Å²) < 4.78 is 1.95. The van der Waals surface area contributed by atoms with Gasteiger partial charge in [-0.15, -0.1) is 10.2 Å². The Morgan fingerprint density at radius 2 is 1.52 bits per heavy atom. The number of para-hydroxylation sites is 2. The van der Waals surface area contributed by atoms with Gasteiger partial charge in [0, 0.05) is 16.9 Å². The number of carbonyl (C=O) groups is 1. The van der Waals surface area contributed by atoms with Crippen molar-refractivity contribution in [2.45, 2.75) is 5.16 Å². The van der Waals surface area contributed by atoms with Gasteiger partial charge in [-0.3, -0.25) is 14.3 Å². The minimum Gasteiger partial charge on any atom is -0.298 e. The average Bonchev–Trinajstić information content (AvgIpc) is 3.26. The molecule has 1 amide bonds. The molecule has 0 atom stereocenters.